The highest BCUT2D eigenvalue weighted by Gasteiger charge is 2.80. The normalized spacial score (nSPS) is 53.0. The number of carbonyl (C=O) groups is 1. The average Bonchev–Trinajstić information content (AvgIpc) is 3.35. The van der Waals surface area contributed by atoms with Crippen LogP contribution in [0.15, 0.2) is 29.8 Å². The highest BCUT2D eigenvalue weighted by Crippen LogP contribution is 2.75. The lowest BCUT2D eigenvalue weighted by atomic mass is 9.41. The fraction of sp³-hybridized carbons (Fsp3) is 0.763. The van der Waals surface area contributed by atoms with Gasteiger partial charge in [-0.15, -0.1) is 0 Å². The van der Waals surface area contributed by atoms with E-state index in [4.69, 9.17) is 4.74 Å². The number of phenolic OH excluding ortho intramolecular Hbond substituents is 2. The summed E-state index contributed by atoms with van der Waals surface area (Å²) in [5, 5.41) is 91.2. The summed E-state index contributed by atoms with van der Waals surface area (Å²) in [7, 11) is 0. The van der Waals surface area contributed by atoms with Crippen molar-refractivity contribution in [3.8, 4) is 11.5 Å². The molecule has 6 aliphatic rings. The molecule has 1 aromatic carbocycles. The van der Waals surface area contributed by atoms with Gasteiger partial charge in [0.05, 0.1) is 35.6 Å². The third kappa shape index (κ3) is 4.14. The van der Waals surface area contributed by atoms with Crippen LogP contribution in [0.3, 0.4) is 0 Å². The minimum Gasteiger partial charge on any atom is -0.504 e. The van der Waals surface area contributed by atoms with E-state index in [9.17, 15) is 45.6 Å². The molecule has 1 aliphatic heterocycles. The molecule has 16 atom stereocenters. The van der Waals surface area contributed by atoms with Crippen molar-refractivity contribution >= 4 is 5.78 Å². The molecule has 0 radical (unpaired) electrons. The molecule has 48 heavy (non-hydrogen) atoms. The topological polar surface area (TPSA) is 188 Å². The van der Waals surface area contributed by atoms with Crippen molar-refractivity contribution in [1.29, 1.82) is 0 Å². The Labute approximate surface area is 282 Å². The molecule has 1 heterocycles. The number of aliphatic hydroxyl groups is 6. The number of rotatable bonds is 3. The number of benzene rings is 1. The molecule has 8 N–H and O–H groups in total. The first-order valence-electron chi connectivity index (χ1n) is 18.0. The summed E-state index contributed by atoms with van der Waals surface area (Å²) in [6, 6.07) is 4.18. The SMILES string of the molecule is CC1CCCC2(OC3CC4(O)C5=CC(=O)C6C(c7ccc(O)c(O)c7)C(O)C(O)CC6(C)C5CC(CCO)C4(C)C3C2(C)O)C(O)C1C. The van der Waals surface area contributed by atoms with Gasteiger partial charge >= 0.3 is 0 Å². The van der Waals surface area contributed by atoms with Crippen molar-refractivity contribution in [3.05, 3.63) is 35.4 Å². The predicted octanol–water partition coefficient (Wildman–Crippen LogP) is 2.92. The van der Waals surface area contributed by atoms with Gasteiger partial charge in [-0.1, -0.05) is 46.6 Å². The Morgan fingerprint density at radius 3 is 2.38 bits per heavy atom. The largest absolute Gasteiger partial charge is 0.504 e. The number of hydrogen-bond donors (Lipinski definition) is 8. The molecule has 0 bridgehead atoms. The van der Waals surface area contributed by atoms with E-state index in [0.717, 1.165) is 12.8 Å². The fourth-order valence-corrected chi connectivity index (χ4v) is 12.7. The number of fused-ring (bicyclic) bond motifs is 7. The van der Waals surface area contributed by atoms with Gasteiger partial charge in [0.1, 0.15) is 5.60 Å². The first-order chi connectivity index (χ1) is 22.4. The number of aromatic hydroxyl groups is 2. The smallest absolute Gasteiger partial charge is 0.160 e. The van der Waals surface area contributed by atoms with E-state index in [2.05, 4.69) is 6.92 Å². The maximum Gasteiger partial charge on any atom is 0.160 e. The molecule has 1 spiro atoms. The Kier molecular flexibility index (Phi) is 7.86. The summed E-state index contributed by atoms with van der Waals surface area (Å²) < 4.78 is 6.90. The number of allylic oxidation sites excluding steroid dienone is 1. The van der Waals surface area contributed by atoms with E-state index in [1.54, 1.807) is 13.0 Å². The Morgan fingerprint density at radius 1 is 1.00 bits per heavy atom. The van der Waals surface area contributed by atoms with Crippen LogP contribution in [0.5, 0.6) is 11.5 Å². The first kappa shape index (κ1) is 34.4. The minimum atomic E-state index is -1.60. The van der Waals surface area contributed by atoms with Gasteiger partial charge < -0.3 is 45.6 Å². The average molecular weight is 671 g/mol. The van der Waals surface area contributed by atoms with E-state index in [1.807, 2.05) is 20.8 Å². The number of phenols is 2. The van der Waals surface area contributed by atoms with Crippen LogP contribution in [-0.2, 0) is 9.53 Å². The van der Waals surface area contributed by atoms with Crippen molar-refractivity contribution < 1.29 is 50.4 Å². The van der Waals surface area contributed by atoms with Crippen LogP contribution in [0.25, 0.3) is 0 Å². The van der Waals surface area contributed by atoms with Gasteiger partial charge in [-0.05, 0) is 91.0 Å². The third-order valence-corrected chi connectivity index (χ3v) is 15.3. The van der Waals surface area contributed by atoms with Crippen molar-refractivity contribution in [2.24, 2.45) is 46.3 Å². The van der Waals surface area contributed by atoms with Crippen LogP contribution in [-0.4, -0.2) is 94.5 Å². The van der Waals surface area contributed by atoms with Crippen molar-refractivity contribution in [3.63, 3.8) is 0 Å². The maximum absolute atomic E-state index is 14.4. The molecule has 266 valence electrons. The molecule has 10 nitrogen and oxygen atoms in total. The van der Waals surface area contributed by atoms with Crippen molar-refractivity contribution in [2.75, 3.05) is 6.61 Å². The molecule has 5 aliphatic carbocycles. The predicted molar refractivity (Wildman–Crippen MR) is 175 cm³/mol. The molecular weight excluding hydrogens is 616 g/mol. The number of ether oxygens (including phenoxy) is 1. The molecule has 0 amide bonds. The van der Waals surface area contributed by atoms with Crippen LogP contribution in [0.4, 0.5) is 0 Å². The molecule has 4 saturated carbocycles. The summed E-state index contributed by atoms with van der Waals surface area (Å²) in [4.78, 5) is 14.4. The summed E-state index contributed by atoms with van der Waals surface area (Å²) in [5.74, 6) is -3.91. The van der Waals surface area contributed by atoms with Crippen molar-refractivity contribution in [2.45, 2.75) is 127 Å². The Morgan fingerprint density at radius 2 is 1.71 bits per heavy atom. The van der Waals surface area contributed by atoms with Crippen LogP contribution in [0, 0.1) is 46.3 Å². The summed E-state index contributed by atoms with van der Waals surface area (Å²) >= 11 is 0. The van der Waals surface area contributed by atoms with Gasteiger partial charge in [-0.2, -0.15) is 0 Å². The third-order valence-electron chi connectivity index (χ3n) is 15.3. The van der Waals surface area contributed by atoms with Gasteiger partial charge in [0.15, 0.2) is 17.3 Å². The Balaban J connectivity index is 1.35. The van der Waals surface area contributed by atoms with Gasteiger partial charge in [0.25, 0.3) is 0 Å². The molecular formula is C38H54O10. The first-order valence-corrected chi connectivity index (χ1v) is 18.0. The van der Waals surface area contributed by atoms with Crippen LogP contribution >= 0.6 is 0 Å². The molecule has 1 saturated heterocycles. The van der Waals surface area contributed by atoms with Crippen molar-refractivity contribution in [1.82, 2.24) is 0 Å². The van der Waals surface area contributed by atoms with Crippen LogP contribution in [0.2, 0.25) is 0 Å². The van der Waals surface area contributed by atoms with E-state index < -0.39 is 81.5 Å². The number of hydrogen-bond acceptors (Lipinski definition) is 10. The second-order valence-corrected chi connectivity index (χ2v) is 17.2. The summed E-state index contributed by atoms with van der Waals surface area (Å²) in [6.45, 7) is 9.61. The maximum atomic E-state index is 14.4. The van der Waals surface area contributed by atoms with Crippen LogP contribution in [0.1, 0.15) is 91.0 Å². The minimum absolute atomic E-state index is 0.0955. The van der Waals surface area contributed by atoms with E-state index in [0.29, 0.717) is 30.4 Å². The van der Waals surface area contributed by atoms with Gasteiger partial charge in [0.2, 0.25) is 0 Å². The molecule has 16 unspecified atom stereocenters. The quantitative estimate of drug-likeness (QED) is 0.222. The zero-order valence-electron chi connectivity index (χ0n) is 28.7. The fourth-order valence-electron chi connectivity index (χ4n) is 12.7. The summed E-state index contributed by atoms with van der Waals surface area (Å²) in [5.41, 5.74) is -5.34. The zero-order chi connectivity index (χ0) is 34.9. The zero-order valence-corrected chi connectivity index (χ0v) is 28.7. The lowest BCUT2D eigenvalue weighted by Crippen LogP contribution is -2.68. The molecule has 10 heteroatoms. The van der Waals surface area contributed by atoms with E-state index in [-0.39, 0.29) is 48.7 Å². The van der Waals surface area contributed by atoms with Gasteiger partial charge in [0, 0.05) is 36.2 Å². The number of carbonyl (C=O) groups excluding carboxylic acids is 1. The highest BCUT2D eigenvalue weighted by atomic mass is 16.6. The second kappa shape index (κ2) is 11.0. The highest BCUT2D eigenvalue weighted by molar-refractivity contribution is 5.96. The summed E-state index contributed by atoms with van der Waals surface area (Å²) in [6.07, 6.45) is 0.672. The van der Waals surface area contributed by atoms with E-state index >= 15 is 0 Å². The standard InChI is InChI=1S/C38H54O10/c1-18-7-6-11-38(33(45)19(18)2)36(5,46)32-28(48-38)17-37(47)23-15-26(42)30-29(20-8-9-24(40)25(41)13-20)31(44)27(43)16-34(30,3)22(23)14-21(10-12-39)35(32,37)4/h8-9,13,15,18-19,21-22,27-33,39-41,43-47H,6-7,10-12,14,16-17H2,1-5H3. The molecule has 7 rings (SSSR count). The number of ketones is 1. The van der Waals surface area contributed by atoms with Gasteiger partial charge in [-0.25, -0.2) is 0 Å². The lowest BCUT2D eigenvalue weighted by molar-refractivity contribution is -0.230. The molecule has 5 fully saturated rings. The second-order valence-electron chi connectivity index (χ2n) is 17.2. The lowest BCUT2D eigenvalue weighted by Gasteiger charge is -2.64. The Bertz CT molecular complexity index is 1510. The number of aliphatic hydroxyl groups excluding tert-OH is 4. The molecule has 1 aromatic rings. The Hall–Kier alpha value is -2.05. The monoisotopic (exact) mass is 670 g/mol. The van der Waals surface area contributed by atoms with Crippen LogP contribution < -0.4 is 0 Å². The molecule has 0 aromatic heterocycles. The van der Waals surface area contributed by atoms with E-state index in [1.165, 1.54) is 18.2 Å². The van der Waals surface area contributed by atoms with Gasteiger partial charge in [-0.3, -0.25) is 4.79 Å².